The van der Waals surface area contributed by atoms with E-state index in [1.165, 1.54) is 7.11 Å². The first-order valence-electron chi connectivity index (χ1n) is 8.13. The number of fused-ring (bicyclic) bond motifs is 1. The lowest BCUT2D eigenvalue weighted by Gasteiger charge is -2.24. The average Bonchev–Trinajstić information content (AvgIpc) is 3.04. The molecule has 0 bridgehead atoms. The highest BCUT2D eigenvalue weighted by atomic mass is 79.9. The van der Waals surface area contributed by atoms with Crippen LogP contribution in [0.25, 0.3) is 0 Å². The van der Waals surface area contributed by atoms with Gasteiger partial charge in [0.05, 0.1) is 36.4 Å². The van der Waals surface area contributed by atoms with E-state index in [0.717, 1.165) is 4.47 Å². The second kappa shape index (κ2) is 6.28. The van der Waals surface area contributed by atoms with Crippen molar-refractivity contribution in [2.45, 2.75) is 12.1 Å². The molecule has 2 fully saturated rings. The fourth-order valence-corrected chi connectivity index (χ4v) is 5.90. The molecule has 0 aliphatic carbocycles. The van der Waals surface area contributed by atoms with Crippen molar-refractivity contribution in [3.63, 3.8) is 0 Å². The Morgan fingerprint density at radius 3 is 2.27 bits per heavy atom. The predicted octanol–water partition coefficient (Wildman–Crippen LogP) is 3.07. The van der Waals surface area contributed by atoms with E-state index >= 15 is 0 Å². The molecule has 6 nitrogen and oxygen atoms in total. The van der Waals surface area contributed by atoms with E-state index in [9.17, 15) is 13.2 Å². The number of sulfone groups is 1. The Hall–Kier alpha value is -2.06. The summed E-state index contributed by atoms with van der Waals surface area (Å²) < 4.78 is 30.9. The molecule has 2 saturated heterocycles. The molecule has 2 aliphatic rings. The molecule has 2 amide bonds. The van der Waals surface area contributed by atoms with Crippen molar-refractivity contribution in [3.05, 3.63) is 53.0 Å². The molecule has 2 atom stereocenters. The van der Waals surface area contributed by atoms with Crippen LogP contribution < -0.4 is 14.5 Å². The smallest absolute Gasteiger partial charge is 0.329 e. The zero-order valence-corrected chi connectivity index (χ0v) is 16.4. The van der Waals surface area contributed by atoms with E-state index in [4.69, 9.17) is 4.74 Å². The standard InChI is InChI=1S/C18H17BrN2O4S/c1-25-17-5-3-2-4-14(17)21-16-11-26(23,24)10-15(16)20(18(21)22)13-8-6-12(19)7-9-13/h2-9,15-16H,10-11H2,1H3/t15-,16-/m1/s1. The molecule has 0 aromatic heterocycles. The number of amides is 2. The summed E-state index contributed by atoms with van der Waals surface area (Å²) in [5.74, 6) is 0.459. The SMILES string of the molecule is COc1ccccc1N1C(=O)N(c2ccc(Br)cc2)[C@@H]2CS(=O)(=O)C[C@H]21. The molecule has 0 unspecified atom stereocenters. The van der Waals surface area contributed by atoms with Crippen LogP contribution in [0.4, 0.5) is 16.2 Å². The van der Waals surface area contributed by atoms with Crippen LogP contribution in [-0.4, -0.2) is 45.1 Å². The summed E-state index contributed by atoms with van der Waals surface area (Å²) in [4.78, 5) is 16.4. The molecule has 136 valence electrons. The van der Waals surface area contributed by atoms with Gasteiger partial charge in [0.1, 0.15) is 5.75 Å². The Morgan fingerprint density at radius 2 is 1.62 bits per heavy atom. The molecule has 0 saturated carbocycles. The van der Waals surface area contributed by atoms with Crippen LogP contribution in [0.2, 0.25) is 0 Å². The molecule has 2 aromatic rings. The third-order valence-corrected chi connectivity index (χ3v) is 7.05. The molecule has 8 heteroatoms. The number of benzene rings is 2. The first-order valence-corrected chi connectivity index (χ1v) is 10.7. The normalized spacial score (nSPS) is 24.0. The lowest BCUT2D eigenvalue weighted by molar-refractivity contribution is 0.255. The van der Waals surface area contributed by atoms with E-state index in [-0.39, 0.29) is 17.5 Å². The number of rotatable bonds is 3. The van der Waals surface area contributed by atoms with Crippen LogP contribution in [0.5, 0.6) is 5.75 Å². The quantitative estimate of drug-likeness (QED) is 0.693. The van der Waals surface area contributed by atoms with Crippen molar-refractivity contribution in [2.75, 3.05) is 28.4 Å². The number of nitrogens with zero attached hydrogens (tertiary/aromatic N) is 2. The predicted molar refractivity (Wildman–Crippen MR) is 104 cm³/mol. The van der Waals surface area contributed by atoms with Gasteiger partial charge in [0.15, 0.2) is 9.84 Å². The summed E-state index contributed by atoms with van der Waals surface area (Å²) in [6, 6.07) is 13.4. The van der Waals surface area contributed by atoms with Gasteiger partial charge >= 0.3 is 6.03 Å². The van der Waals surface area contributed by atoms with E-state index in [2.05, 4.69) is 15.9 Å². The first kappa shape index (κ1) is 17.4. The van der Waals surface area contributed by atoms with Gasteiger partial charge < -0.3 is 4.74 Å². The van der Waals surface area contributed by atoms with E-state index in [0.29, 0.717) is 17.1 Å². The van der Waals surface area contributed by atoms with Gasteiger partial charge in [0, 0.05) is 10.2 Å². The van der Waals surface area contributed by atoms with Crippen LogP contribution in [-0.2, 0) is 9.84 Å². The van der Waals surface area contributed by atoms with Gasteiger partial charge in [-0.25, -0.2) is 13.2 Å². The van der Waals surface area contributed by atoms with Crippen molar-refractivity contribution >= 4 is 43.2 Å². The number of hydrogen-bond acceptors (Lipinski definition) is 4. The Bertz CT molecular complexity index is 961. The fraction of sp³-hybridized carbons (Fsp3) is 0.278. The van der Waals surface area contributed by atoms with Crippen molar-refractivity contribution < 1.29 is 17.9 Å². The van der Waals surface area contributed by atoms with Crippen molar-refractivity contribution in [3.8, 4) is 5.75 Å². The second-order valence-corrected chi connectivity index (χ2v) is 9.45. The Balaban J connectivity index is 1.83. The van der Waals surface area contributed by atoms with Gasteiger partial charge in [-0.15, -0.1) is 0 Å². The van der Waals surface area contributed by atoms with Crippen LogP contribution >= 0.6 is 15.9 Å². The average molecular weight is 437 g/mol. The zero-order chi connectivity index (χ0) is 18.5. The highest BCUT2D eigenvalue weighted by Crippen LogP contribution is 2.41. The topological polar surface area (TPSA) is 66.9 Å². The van der Waals surface area contributed by atoms with Gasteiger partial charge in [-0.1, -0.05) is 28.1 Å². The molecule has 2 aromatic carbocycles. The highest BCUT2D eigenvalue weighted by Gasteiger charge is 2.54. The van der Waals surface area contributed by atoms with E-state index < -0.39 is 21.9 Å². The lowest BCUT2D eigenvalue weighted by atomic mass is 10.1. The van der Waals surface area contributed by atoms with E-state index in [1.807, 2.05) is 36.4 Å². The third-order valence-electron chi connectivity index (χ3n) is 4.82. The summed E-state index contributed by atoms with van der Waals surface area (Å²) in [6.07, 6.45) is 0. The lowest BCUT2D eigenvalue weighted by Crippen LogP contribution is -2.38. The summed E-state index contributed by atoms with van der Waals surface area (Å²) in [5, 5.41) is 0. The Labute approximate surface area is 160 Å². The van der Waals surface area contributed by atoms with Gasteiger partial charge in [-0.05, 0) is 36.4 Å². The van der Waals surface area contributed by atoms with Crippen molar-refractivity contribution in [1.82, 2.24) is 0 Å². The Kier molecular flexibility index (Phi) is 4.19. The van der Waals surface area contributed by atoms with Gasteiger partial charge in [-0.2, -0.15) is 0 Å². The van der Waals surface area contributed by atoms with Crippen molar-refractivity contribution in [2.24, 2.45) is 0 Å². The molecule has 0 N–H and O–H groups in total. The summed E-state index contributed by atoms with van der Waals surface area (Å²) in [7, 11) is -1.69. The molecule has 2 heterocycles. The van der Waals surface area contributed by atoms with E-state index in [1.54, 1.807) is 21.9 Å². The molecule has 0 radical (unpaired) electrons. The number of hydrogen-bond donors (Lipinski definition) is 0. The molecular weight excluding hydrogens is 420 g/mol. The van der Waals surface area contributed by atoms with Crippen LogP contribution in [0, 0.1) is 0 Å². The van der Waals surface area contributed by atoms with Crippen molar-refractivity contribution in [1.29, 1.82) is 0 Å². The number of para-hydroxylation sites is 2. The van der Waals surface area contributed by atoms with Gasteiger partial charge in [0.2, 0.25) is 0 Å². The molecule has 2 aliphatic heterocycles. The minimum atomic E-state index is -3.22. The number of carbonyl (C=O) groups is 1. The van der Waals surface area contributed by atoms with Gasteiger partial charge in [-0.3, -0.25) is 9.80 Å². The number of methoxy groups -OCH3 is 1. The summed E-state index contributed by atoms with van der Waals surface area (Å²) >= 11 is 3.38. The maximum absolute atomic E-state index is 13.3. The first-order chi connectivity index (χ1) is 12.4. The maximum atomic E-state index is 13.3. The Morgan fingerprint density at radius 1 is 1.00 bits per heavy atom. The number of ether oxygens (including phenoxy) is 1. The minimum absolute atomic E-state index is 0.0366. The molecular formula is C18H17BrN2O4S. The second-order valence-electron chi connectivity index (χ2n) is 6.38. The minimum Gasteiger partial charge on any atom is -0.495 e. The molecule has 4 rings (SSSR count). The largest absolute Gasteiger partial charge is 0.495 e. The van der Waals surface area contributed by atoms with Crippen LogP contribution in [0.15, 0.2) is 53.0 Å². The highest BCUT2D eigenvalue weighted by molar-refractivity contribution is 9.10. The monoisotopic (exact) mass is 436 g/mol. The number of halogens is 1. The molecule has 0 spiro atoms. The van der Waals surface area contributed by atoms with Gasteiger partial charge in [0.25, 0.3) is 0 Å². The maximum Gasteiger partial charge on any atom is 0.329 e. The molecule has 26 heavy (non-hydrogen) atoms. The van der Waals surface area contributed by atoms with Crippen LogP contribution in [0.3, 0.4) is 0 Å². The fourth-order valence-electron chi connectivity index (χ4n) is 3.72. The zero-order valence-electron chi connectivity index (χ0n) is 14.0. The van der Waals surface area contributed by atoms with Crippen LogP contribution in [0.1, 0.15) is 0 Å². The number of anilines is 2. The summed E-state index contributed by atoms with van der Waals surface area (Å²) in [5.41, 5.74) is 1.27. The summed E-state index contributed by atoms with van der Waals surface area (Å²) in [6.45, 7) is 0. The number of urea groups is 1. The third kappa shape index (κ3) is 2.77. The number of carbonyl (C=O) groups excluding carboxylic acids is 1.